The molecule has 19 heavy (non-hydrogen) atoms. The first-order valence-corrected chi connectivity index (χ1v) is 7.58. The van der Waals surface area contributed by atoms with Crippen molar-refractivity contribution in [1.29, 1.82) is 0 Å². The van der Waals surface area contributed by atoms with Gasteiger partial charge in [-0.1, -0.05) is 0 Å². The molecule has 1 aromatic rings. The van der Waals surface area contributed by atoms with E-state index >= 15 is 0 Å². The van der Waals surface area contributed by atoms with Crippen molar-refractivity contribution in [2.75, 3.05) is 31.2 Å². The molecule has 4 nitrogen and oxygen atoms in total. The molecule has 2 saturated heterocycles. The summed E-state index contributed by atoms with van der Waals surface area (Å²) in [4.78, 5) is 6.81. The summed E-state index contributed by atoms with van der Waals surface area (Å²) in [6.45, 7) is 5.43. The fourth-order valence-electron chi connectivity index (χ4n) is 3.00. The molecule has 0 unspecified atom stereocenters. The molecule has 0 aromatic carbocycles. The van der Waals surface area contributed by atoms with E-state index in [1.165, 1.54) is 0 Å². The zero-order valence-electron chi connectivity index (χ0n) is 11.1. The average molecular weight is 327 g/mol. The molecule has 1 aromatic heterocycles. The molecule has 1 spiro atoms. The number of morpholine rings is 1. The van der Waals surface area contributed by atoms with Crippen LogP contribution in [-0.4, -0.2) is 43.0 Å². The normalized spacial score (nSPS) is 31.7. The Hall–Kier alpha value is -0.650. The van der Waals surface area contributed by atoms with Crippen LogP contribution in [0, 0.1) is 0 Å². The van der Waals surface area contributed by atoms with E-state index in [9.17, 15) is 0 Å². The van der Waals surface area contributed by atoms with Crippen LogP contribution < -0.4 is 4.90 Å². The van der Waals surface area contributed by atoms with E-state index < -0.39 is 0 Å². The van der Waals surface area contributed by atoms with Gasteiger partial charge in [0.2, 0.25) is 0 Å². The van der Waals surface area contributed by atoms with Crippen LogP contribution in [0.15, 0.2) is 22.8 Å². The van der Waals surface area contributed by atoms with Crippen molar-refractivity contribution in [3.05, 3.63) is 22.8 Å². The lowest BCUT2D eigenvalue weighted by atomic mass is 9.93. The second kappa shape index (κ2) is 5.38. The molecule has 2 atom stereocenters. The first kappa shape index (κ1) is 13.3. The first-order chi connectivity index (χ1) is 9.17. The van der Waals surface area contributed by atoms with Gasteiger partial charge in [0.25, 0.3) is 0 Å². The van der Waals surface area contributed by atoms with Gasteiger partial charge in [0.1, 0.15) is 11.4 Å². The summed E-state index contributed by atoms with van der Waals surface area (Å²) in [7, 11) is 0. The van der Waals surface area contributed by atoms with Crippen molar-refractivity contribution < 1.29 is 9.47 Å². The number of pyridine rings is 1. The van der Waals surface area contributed by atoms with Crippen LogP contribution in [-0.2, 0) is 9.47 Å². The Balaban J connectivity index is 1.80. The Bertz CT molecular complexity index is 432. The van der Waals surface area contributed by atoms with Crippen molar-refractivity contribution in [3.8, 4) is 0 Å². The van der Waals surface area contributed by atoms with Gasteiger partial charge in [-0.3, -0.25) is 0 Å². The third-order valence-electron chi connectivity index (χ3n) is 3.73. The van der Waals surface area contributed by atoms with E-state index in [1.807, 2.05) is 12.3 Å². The van der Waals surface area contributed by atoms with Crippen molar-refractivity contribution in [2.45, 2.75) is 31.5 Å². The van der Waals surface area contributed by atoms with E-state index in [0.717, 1.165) is 42.8 Å². The Morgan fingerprint density at radius 3 is 3.05 bits per heavy atom. The summed E-state index contributed by atoms with van der Waals surface area (Å²) in [5.41, 5.74) is -0.148. The van der Waals surface area contributed by atoms with Gasteiger partial charge in [0.05, 0.1) is 19.3 Å². The number of anilines is 1. The van der Waals surface area contributed by atoms with Gasteiger partial charge in [0.15, 0.2) is 0 Å². The topological polar surface area (TPSA) is 34.6 Å². The minimum Gasteiger partial charge on any atom is -0.378 e. The molecule has 5 heteroatoms. The van der Waals surface area contributed by atoms with Gasteiger partial charge >= 0.3 is 0 Å². The molecule has 2 fully saturated rings. The number of ether oxygens (including phenoxy) is 2. The highest BCUT2D eigenvalue weighted by Crippen LogP contribution is 2.32. The quantitative estimate of drug-likeness (QED) is 0.794. The van der Waals surface area contributed by atoms with E-state index in [2.05, 4.69) is 38.8 Å². The lowest BCUT2D eigenvalue weighted by molar-refractivity contribution is -0.160. The molecule has 0 bridgehead atoms. The molecular weight excluding hydrogens is 308 g/mol. The molecule has 3 heterocycles. The van der Waals surface area contributed by atoms with Crippen molar-refractivity contribution >= 4 is 21.7 Å². The Kier molecular flexibility index (Phi) is 3.78. The summed E-state index contributed by atoms with van der Waals surface area (Å²) in [6, 6.07) is 4.09. The molecule has 3 rings (SSSR count). The Morgan fingerprint density at radius 2 is 2.37 bits per heavy atom. The van der Waals surface area contributed by atoms with Crippen LogP contribution in [0.5, 0.6) is 0 Å². The predicted octanol–water partition coefficient (Wildman–Crippen LogP) is 2.62. The minimum absolute atomic E-state index is 0.148. The molecule has 0 saturated carbocycles. The maximum absolute atomic E-state index is 6.19. The van der Waals surface area contributed by atoms with Crippen LogP contribution in [0.3, 0.4) is 0 Å². The summed E-state index contributed by atoms with van der Waals surface area (Å²) >= 11 is 3.43. The van der Waals surface area contributed by atoms with Gasteiger partial charge in [-0.05, 0) is 47.8 Å². The summed E-state index contributed by atoms with van der Waals surface area (Å²) in [5, 5.41) is 0. The largest absolute Gasteiger partial charge is 0.378 e. The Labute approximate surface area is 122 Å². The molecule has 0 N–H and O–H groups in total. The highest BCUT2D eigenvalue weighted by atomic mass is 79.9. The van der Waals surface area contributed by atoms with Crippen molar-refractivity contribution in [1.82, 2.24) is 4.98 Å². The second-order valence-corrected chi connectivity index (χ2v) is 6.40. The number of nitrogens with zero attached hydrogens (tertiary/aromatic N) is 2. The van der Waals surface area contributed by atoms with Crippen LogP contribution in [0.2, 0.25) is 0 Å². The maximum atomic E-state index is 6.19. The fraction of sp³-hybridized carbons (Fsp3) is 0.643. The van der Waals surface area contributed by atoms with Crippen molar-refractivity contribution in [2.24, 2.45) is 0 Å². The standard InChI is InChI=1S/C14H19BrN2O2/c1-11-8-17(13-4-3-12(15)7-16-13)9-14(19-11)5-2-6-18-10-14/h3-4,7,11H,2,5-6,8-10H2,1H3/t11-,14+/m1/s1. The SMILES string of the molecule is C[C@@H]1CN(c2ccc(Br)cn2)C[C@]2(CCCOC2)O1. The lowest BCUT2D eigenvalue weighted by Crippen LogP contribution is -2.58. The fourth-order valence-corrected chi connectivity index (χ4v) is 3.23. The van der Waals surface area contributed by atoms with Gasteiger partial charge in [-0.15, -0.1) is 0 Å². The second-order valence-electron chi connectivity index (χ2n) is 5.48. The molecule has 2 aliphatic heterocycles. The number of hydrogen-bond acceptors (Lipinski definition) is 4. The van der Waals surface area contributed by atoms with Gasteiger partial charge in [-0.2, -0.15) is 0 Å². The van der Waals surface area contributed by atoms with E-state index in [-0.39, 0.29) is 11.7 Å². The third-order valence-corrected chi connectivity index (χ3v) is 4.20. The minimum atomic E-state index is -0.148. The predicted molar refractivity (Wildman–Crippen MR) is 77.5 cm³/mol. The molecule has 2 aliphatic rings. The van der Waals surface area contributed by atoms with Crippen LogP contribution in [0.1, 0.15) is 19.8 Å². The molecule has 0 radical (unpaired) electrons. The Morgan fingerprint density at radius 1 is 1.47 bits per heavy atom. The summed E-state index contributed by atoms with van der Waals surface area (Å²) < 4.78 is 12.8. The average Bonchev–Trinajstić information content (AvgIpc) is 2.39. The van der Waals surface area contributed by atoms with Gasteiger partial charge < -0.3 is 14.4 Å². The number of hydrogen-bond donors (Lipinski definition) is 0. The van der Waals surface area contributed by atoms with E-state index in [4.69, 9.17) is 9.47 Å². The lowest BCUT2D eigenvalue weighted by Gasteiger charge is -2.47. The molecule has 0 aliphatic carbocycles. The van der Waals surface area contributed by atoms with E-state index in [1.54, 1.807) is 0 Å². The summed E-state index contributed by atoms with van der Waals surface area (Å²) in [6.07, 6.45) is 4.21. The first-order valence-electron chi connectivity index (χ1n) is 6.79. The van der Waals surface area contributed by atoms with Crippen LogP contribution >= 0.6 is 15.9 Å². The number of rotatable bonds is 1. The third kappa shape index (κ3) is 2.93. The van der Waals surface area contributed by atoms with Crippen molar-refractivity contribution in [3.63, 3.8) is 0 Å². The monoisotopic (exact) mass is 326 g/mol. The number of aromatic nitrogens is 1. The zero-order valence-corrected chi connectivity index (χ0v) is 12.7. The smallest absolute Gasteiger partial charge is 0.128 e. The molecular formula is C14H19BrN2O2. The highest BCUT2D eigenvalue weighted by molar-refractivity contribution is 9.10. The molecule has 104 valence electrons. The van der Waals surface area contributed by atoms with Gasteiger partial charge in [0, 0.05) is 23.8 Å². The molecule has 0 amide bonds. The van der Waals surface area contributed by atoms with E-state index in [0.29, 0.717) is 6.61 Å². The zero-order chi connectivity index (χ0) is 13.3. The van der Waals surface area contributed by atoms with Crippen LogP contribution in [0.4, 0.5) is 5.82 Å². The van der Waals surface area contributed by atoms with Gasteiger partial charge in [-0.25, -0.2) is 4.98 Å². The highest BCUT2D eigenvalue weighted by Gasteiger charge is 2.41. The number of halogens is 1. The summed E-state index contributed by atoms with van der Waals surface area (Å²) in [5.74, 6) is 1.02. The van der Waals surface area contributed by atoms with Crippen LogP contribution in [0.25, 0.3) is 0 Å². The maximum Gasteiger partial charge on any atom is 0.128 e.